The van der Waals surface area contributed by atoms with Gasteiger partial charge in [-0.05, 0) is 18.4 Å². The number of aliphatic imine (C=N–C) groups is 1. The van der Waals surface area contributed by atoms with Crippen LogP contribution in [0, 0.1) is 0 Å². The van der Waals surface area contributed by atoms with E-state index >= 15 is 0 Å². The van der Waals surface area contributed by atoms with Gasteiger partial charge in [0.1, 0.15) is 0 Å². The average Bonchev–Trinajstić information content (AvgIpc) is 2.70. The Morgan fingerprint density at radius 2 is 1.37 bits per heavy atom. The molecule has 1 rings (SSSR count). The van der Waals surface area contributed by atoms with Crippen LogP contribution in [-0.4, -0.2) is 17.5 Å². The molecule has 1 aromatic carbocycles. The third-order valence-electron chi connectivity index (χ3n) is 4.79. The van der Waals surface area contributed by atoms with E-state index < -0.39 is 0 Å². The summed E-state index contributed by atoms with van der Waals surface area (Å²) in [7, 11) is 0. The molecule has 0 aliphatic carbocycles. The van der Waals surface area contributed by atoms with Crippen molar-refractivity contribution in [3.05, 3.63) is 35.9 Å². The largest absolute Gasteiger partial charge is 0.365 e. The first-order valence-electron chi connectivity index (χ1n) is 11.3. The van der Waals surface area contributed by atoms with Crippen molar-refractivity contribution in [2.45, 2.75) is 97.4 Å². The van der Waals surface area contributed by atoms with Gasteiger partial charge in [0.2, 0.25) is 0 Å². The lowest BCUT2D eigenvalue weighted by Crippen LogP contribution is -2.22. The highest BCUT2D eigenvalue weighted by molar-refractivity contribution is 8.13. The van der Waals surface area contributed by atoms with Gasteiger partial charge in [0.05, 0.1) is 6.54 Å². The second kappa shape index (κ2) is 18.4. The maximum Gasteiger partial charge on any atom is 0.156 e. The molecule has 1 aromatic rings. The van der Waals surface area contributed by atoms with Crippen molar-refractivity contribution < 1.29 is 0 Å². The second-order valence-corrected chi connectivity index (χ2v) is 8.50. The van der Waals surface area contributed by atoms with Gasteiger partial charge in [-0.3, -0.25) is 4.99 Å². The summed E-state index contributed by atoms with van der Waals surface area (Å²) in [5, 5.41) is 4.72. The number of hydrogen-bond acceptors (Lipinski definition) is 2. The Morgan fingerprint density at radius 1 is 0.778 bits per heavy atom. The molecular formula is C24H42N2S. The average molecular weight is 391 g/mol. The van der Waals surface area contributed by atoms with Crippen molar-refractivity contribution in [3.63, 3.8) is 0 Å². The van der Waals surface area contributed by atoms with Gasteiger partial charge in [-0.1, -0.05) is 120 Å². The number of rotatable bonds is 16. The smallest absolute Gasteiger partial charge is 0.156 e. The molecular weight excluding hydrogens is 348 g/mol. The molecule has 0 unspecified atom stereocenters. The fourth-order valence-electron chi connectivity index (χ4n) is 3.02. The highest BCUT2D eigenvalue weighted by Gasteiger charge is 2.00. The predicted octanol–water partition coefficient (Wildman–Crippen LogP) is 7.59. The van der Waals surface area contributed by atoms with E-state index in [0.29, 0.717) is 0 Å². The van der Waals surface area contributed by atoms with Crippen LogP contribution in [0.5, 0.6) is 0 Å². The third-order valence-corrected chi connectivity index (χ3v) is 5.83. The zero-order chi connectivity index (χ0) is 19.4. The molecule has 0 aromatic heterocycles. The van der Waals surface area contributed by atoms with Gasteiger partial charge in [-0.15, -0.1) is 0 Å². The molecule has 0 spiro atoms. The minimum absolute atomic E-state index is 0.778. The van der Waals surface area contributed by atoms with Crippen LogP contribution in [0.2, 0.25) is 0 Å². The zero-order valence-electron chi connectivity index (χ0n) is 17.8. The molecule has 0 fully saturated rings. The summed E-state index contributed by atoms with van der Waals surface area (Å²) in [6.45, 7) is 6.37. The number of nitrogens with one attached hydrogen (secondary N) is 1. The van der Waals surface area contributed by atoms with E-state index in [1.807, 2.05) is 11.8 Å². The molecule has 154 valence electrons. The van der Waals surface area contributed by atoms with Crippen LogP contribution >= 0.6 is 11.8 Å². The van der Waals surface area contributed by atoms with Gasteiger partial charge in [-0.2, -0.15) is 0 Å². The lowest BCUT2D eigenvalue weighted by Gasteiger charge is -2.10. The maximum absolute atomic E-state index is 4.82. The first-order chi connectivity index (χ1) is 13.4. The predicted molar refractivity (Wildman–Crippen MR) is 125 cm³/mol. The lowest BCUT2D eigenvalue weighted by molar-refractivity contribution is 0.555. The highest BCUT2D eigenvalue weighted by atomic mass is 32.2. The molecule has 0 aliphatic heterocycles. The molecule has 0 saturated heterocycles. The van der Waals surface area contributed by atoms with Gasteiger partial charge >= 0.3 is 0 Å². The van der Waals surface area contributed by atoms with Crippen molar-refractivity contribution in [3.8, 4) is 0 Å². The quantitative estimate of drug-likeness (QED) is 0.179. The number of benzene rings is 1. The van der Waals surface area contributed by atoms with E-state index in [-0.39, 0.29) is 0 Å². The van der Waals surface area contributed by atoms with Crippen LogP contribution in [0.3, 0.4) is 0 Å². The van der Waals surface area contributed by atoms with Crippen molar-refractivity contribution >= 4 is 16.9 Å². The normalized spacial score (nSPS) is 11.7. The Hall–Kier alpha value is -0.960. The van der Waals surface area contributed by atoms with E-state index in [1.54, 1.807) is 0 Å². The molecule has 1 N–H and O–H groups in total. The monoisotopic (exact) mass is 390 g/mol. The summed E-state index contributed by atoms with van der Waals surface area (Å²) in [5.41, 5.74) is 1.28. The Labute approximate surface area is 173 Å². The lowest BCUT2D eigenvalue weighted by atomic mass is 10.1. The number of thioether (sulfide) groups is 1. The molecule has 2 nitrogen and oxygen atoms in total. The molecule has 0 aliphatic rings. The van der Waals surface area contributed by atoms with Crippen LogP contribution in [-0.2, 0) is 6.54 Å². The van der Waals surface area contributed by atoms with Gasteiger partial charge in [-0.25, -0.2) is 0 Å². The number of amidine groups is 1. The first kappa shape index (κ1) is 24.1. The summed E-state index contributed by atoms with van der Waals surface area (Å²) >= 11 is 1.89. The van der Waals surface area contributed by atoms with Gasteiger partial charge < -0.3 is 5.32 Å². The second-order valence-electron chi connectivity index (χ2n) is 7.42. The SMILES string of the molecule is CCCCCCCCCCCCNC(=NCc1ccccc1)SCCCC. The van der Waals surface area contributed by atoms with Gasteiger partial charge in [0, 0.05) is 12.3 Å². The summed E-state index contributed by atoms with van der Waals surface area (Å²) in [6.07, 6.45) is 16.4. The molecule has 0 heterocycles. The maximum atomic E-state index is 4.82. The van der Waals surface area contributed by atoms with Crippen LogP contribution in [0.4, 0.5) is 0 Å². The van der Waals surface area contributed by atoms with Crippen molar-refractivity contribution in [1.29, 1.82) is 0 Å². The number of unbranched alkanes of at least 4 members (excludes halogenated alkanes) is 10. The van der Waals surface area contributed by atoms with Crippen molar-refractivity contribution in [2.75, 3.05) is 12.3 Å². The number of nitrogens with zero attached hydrogens (tertiary/aromatic N) is 1. The van der Waals surface area contributed by atoms with E-state index in [4.69, 9.17) is 4.99 Å². The molecule has 0 amide bonds. The van der Waals surface area contributed by atoms with Crippen LogP contribution < -0.4 is 5.32 Å². The van der Waals surface area contributed by atoms with Crippen LogP contribution in [0.25, 0.3) is 0 Å². The Bertz CT molecular complexity index is 459. The van der Waals surface area contributed by atoms with E-state index in [2.05, 4.69) is 49.5 Å². The molecule has 0 bridgehead atoms. The zero-order valence-corrected chi connectivity index (χ0v) is 18.7. The summed E-state index contributed by atoms with van der Waals surface area (Å²) in [5.74, 6) is 1.16. The summed E-state index contributed by atoms with van der Waals surface area (Å²) in [4.78, 5) is 4.82. The fourth-order valence-corrected chi connectivity index (χ4v) is 4.01. The summed E-state index contributed by atoms with van der Waals surface area (Å²) < 4.78 is 0. The van der Waals surface area contributed by atoms with Crippen molar-refractivity contribution in [2.24, 2.45) is 4.99 Å². The molecule has 3 heteroatoms. The first-order valence-corrected chi connectivity index (χ1v) is 12.3. The van der Waals surface area contributed by atoms with E-state index in [1.165, 1.54) is 82.6 Å². The minimum Gasteiger partial charge on any atom is -0.365 e. The van der Waals surface area contributed by atoms with E-state index in [0.717, 1.165) is 24.0 Å². The Balaban J connectivity index is 2.13. The van der Waals surface area contributed by atoms with Crippen LogP contribution in [0.15, 0.2) is 35.3 Å². The van der Waals surface area contributed by atoms with E-state index in [9.17, 15) is 0 Å². The molecule has 0 saturated carbocycles. The fraction of sp³-hybridized carbons (Fsp3) is 0.708. The van der Waals surface area contributed by atoms with Crippen LogP contribution in [0.1, 0.15) is 96.5 Å². The topological polar surface area (TPSA) is 24.4 Å². The molecule has 0 atom stereocenters. The molecule has 0 radical (unpaired) electrons. The third kappa shape index (κ3) is 14.7. The standard InChI is InChI=1S/C24H42N2S/c1-3-5-7-8-9-10-11-12-13-17-20-25-24(27-21-6-4-2)26-22-23-18-15-14-16-19-23/h14-16,18-19H,3-13,17,20-22H2,1-2H3,(H,25,26). The molecule has 27 heavy (non-hydrogen) atoms. The Kier molecular flexibility index (Phi) is 16.4. The minimum atomic E-state index is 0.778. The van der Waals surface area contributed by atoms with Gasteiger partial charge in [0.15, 0.2) is 5.17 Å². The number of hydrogen-bond donors (Lipinski definition) is 1. The summed E-state index contributed by atoms with van der Waals surface area (Å²) in [6, 6.07) is 10.5. The van der Waals surface area contributed by atoms with Gasteiger partial charge in [0.25, 0.3) is 0 Å². The highest BCUT2D eigenvalue weighted by Crippen LogP contribution is 2.11. The van der Waals surface area contributed by atoms with Crippen molar-refractivity contribution in [1.82, 2.24) is 5.32 Å². The Morgan fingerprint density at radius 3 is 2.00 bits per heavy atom.